The summed E-state index contributed by atoms with van der Waals surface area (Å²) in [7, 11) is -3.73. The molecule has 0 aliphatic carbocycles. The highest BCUT2D eigenvalue weighted by molar-refractivity contribution is 7.91. The Morgan fingerprint density at radius 3 is 2.50 bits per heavy atom. The monoisotopic (exact) mass is 433 g/mol. The molecule has 1 aromatic heterocycles. The number of fused-ring (bicyclic) bond motifs is 2. The summed E-state index contributed by atoms with van der Waals surface area (Å²) < 4.78 is 26.6. The zero-order valence-corrected chi connectivity index (χ0v) is 17.9. The molecular weight excluding hydrogens is 414 g/mol. The van der Waals surface area contributed by atoms with E-state index in [0.29, 0.717) is 12.1 Å². The van der Waals surface area contributed by atoms with Crippen molar-refractivity contribution in [2.75, 3.05) is 5.32 Å². The topological polar surface area (TPSA) is 63.2 Å². The highest BCUT2D eigenvalue weighted by Crippen LogP contribution is 2.47. The third-order valence-electron chi connectivity index (χ3n) is 5.58. The second-order valence-corrected chi connectivity index (χ2v) is 10.4. The van der Waals surface area contributed by atoms with Crippen LogP contribution in [0.5, 0.6) is 0 Å². The van der Waals surface area contributed by atoms with Crippen LogP contribution in [0.15, 0.2) is 81.9 Å². The Morgan fingerprint density at radius 2 is 1.70 bits per heavy atom. The Hall–Kier alpha value is -2.96. The lowest BCUT2D eigenvalue weighted by atomic mass is 9.87. The molecule has 0 fully saturated rings. The van der Waals surface area contributed by atoms with Crippen LogP contribution in [0.4, 0.5) is 5.69 Å². The lowest BCUT2D eigenvalue weighted by Crippen LogP contribution is -2.23. The summed E-state index contributed by atoms with van der Waals surface area (Å²) in [6, 6.07) is 20.9. The number of nitrogens with one attached hydrogen (secondary N) is 1. The van der Waals surface area contributed by atoms with Gasteiger partial charge >= 0.3 is 0 Å². The smallest absolute Gasteiger partial charge is 0.225 e. The SMILES string of the molecule is Cc1ccc(S(=O)(=O)c2csc3c2NC(=O)CC3c2cccc3ccccc23)cc1. The summed E-state index contributed by atoms with van der Waals surface area (Å²) in [6.07, 6.45) is 0.297. The third kappa shape index (κ3) is 3.04. The first-order chi connectivity index (χ1) is 14.4. The molecule has 1 aliphatic rings. The summed E-state index contributed by atoms with van der Waals surface area (Å²) in [5.41, 5.74) is 2.46. The lowest BCUT2D eigenvalue weighted by Gasteiger charge is -2.25. The first-order valence-electron chi connectivity index (χ1n) is 9.66. The summed E-state index contributed by atoms with van der Waals surface area (Å²) in [5, 5.41) is 6.68. The van der Waals surface area contributed by atoms with Gasteiger partial charge < -0.3 is 5.32 Å². The van der Waals surface area contributed by atoms with Crippen LogP contribution < -0.4 is 5.32 Å². The van der Waals surface area contributed by atoms with Gasteiger partial charge in [0.1, 0.15) is 4.90 Å². The molecule has 5 rings (SSSR count). The van der Waals surface area contributed by atoms with E-state index in [1.54, 1.807) is 29.6 Å². The lowest BCUT2D eigenvalue weighted by molar-refractivity contribution is -0.116. The number of anilines is 1. The predicted octanol–water partition coefficient (Wildman–Crippen LogP) is 5.52. The number of amides is 1. The van der Waals surface area contributed by atoms with Gasteiger partial charge in [0.05, 0.1) is 10.6 Å². The average Bonchev–Trinajstić information content (AvgIpc) is 3.17. The molecule has 6 heteroatoms. The molecule has 0 saturated heterocycles. The van der Waals surface area contributed by atoms with Crippen molar-refractivity contribution in [3.8, 4) is 0 Å². The molecule has 0 spiro atoms. The van der Waals surface area contributed by atoms with Gasteiger partial charge in [0.2, 0.25) is 15.7 Å². The maximum Gasteiger partial charge on any atom is 0.225 e. The molecule has 1 aliphatic heterocycles. The number of hydrogen-bond donors (Lipinski definition) is 1. The minimum atomic E-state index is -3.73. The largest absolute Gasteiger partial charge is 0.324 e. The second kappa shape index (κ2) is 7.07. The highest BCUT2D eigenvalue weighted by Gasteiger charge is 2.34. The van der Waals surface area contributed by atoms with Crippen molar-refractivity contribution in [3.05, 3.63) is 88.1 Å². The zero-order valence-electron chi connectivity index (χ0n) is 16.3. The summed E-state index contributed by atoms with van der Waals surface area (Å²) in [5.74, 6) is -0.342. The van der Waals surface area contributed by atoms with E-state index < -0.39 is 9.84 Å². The first-order valence-corrected chi connectivity index (χ1v) is 12.0. The van der Waals surface area contributed by atoms with Crippen molar-refractivity contribution >= 4 is 43.5 Å². The number of thiophene rings is 1. The zero-order chi connectivity index (χ0) is 20.9. The third-order valence-corrected chi connectivity index (χ3v) is 8.61. The molecule has 4 nitrogen and oxygen atoms in total. The Morgan fingerprint density at radius 1 is 0.967 bits per heavy atom. The Bertz CT molecular complexity index is 1380. The Balaban J connectivity index is 1.67. The van der Waals surface area contributed by atoms with Crippen molar-refractivity contribution in [1.82, 2.24) is 0 Å². The van der Waals surface area contributed by atoms with Gasteiger partial charge in [-0.05, 0) is 35.4 Å². The quantitative estimate of drug-likeness (QED) is 0.463. The first kappa shape index (κ1) is 19.0. The predicted molar refractivity (Wildman–Crippen MR) is 120 cm³/mol. The summed E-state index contributed by atoms with van der Waals surface area (Å²) >= 11 is 1.40. The molecular formula is C24H19NO3S2. The van der Waals surface area contributed by atoms with Crippen molar-refractivity contribution in [3.63, 3.8) is 0 Å². The van der Waals surface area contributed by atoms with Crippen molar-refractivity contribution in [2.24, 2.45) is 0 Å². The molecule has 0 bridgehead atoms. The van der Waals surface area contributed by atoms with Crippen LogP contribution in [0.3, 0.4) is 0 Å². The van der Waals surface area contributed by atoms with Crippen LogP contribution in [0.2, 0.25) is 0 Å². The number of carbonyl (C=O) groups excluding carboxylic acids is 1. The van der Waals surface area contributed by atoms with E-state index in [2.05, 4.69) is 11.4 Å². The Labute approximate surface area is 179 Å². The maximum absolute atomic E-state index is 13.3. The van der Waals surface area contributed by atoms with Gasteiger partial charge in [-0.15, -0.1) is 11.3 Å². The van der Waals surface area contributed by atoms with E-state index in [4.69, 9.17) is 0 Å². The molecule has 0 saturated carbocycles. The van der Waals surface area contributed by atoms with Gasteiger partial charge in [-0.1, -0.05) is 60.2 Å². The van der Waals surface area contributed by atoms with Gasteiger partial charge in [-0.25, -0.2) is 8.42 Å². The summed E-state index contributed by atoms with van der Waals surface area (Å²) in [4.78, 5) is 13.9. The van der Waals surface area contributed by atoms with E-state index in [1.165, 1.54) is 11.3 Å². The summed E-state index contributed by atoms with van der Waals surface area (Å²) in [6.45, 7) is 1.91. The van der Waals surface area contributed by atoms with Gasteiger partial charge in [0.15, 0.2) is 0 Å². The van der Waals surface area contributed by atoms with Crippen molar-refractivity contribution in [2.45, 2.75) is 29.1 Å². The Kier molecular flexibility index (Phi) is 4.49. The maximum atomic E-state index is 13.3. The second-order valence-electron chi connectivity index (χ2n) is 7.53. The molecule has 2 heterocycles. The van der Waals surface area contributed by atoms with Gasteiger partial charge in [0, 0.05) is 22.6 Å². The molecule has 0 radical (unpaired) electrons. The molecule has 1 N–H and O–H groups in total. The fourth-order valence-corrected chi connectivity index (χ4v) is 6.95. The van der Waals surface area contributed by atoms with E-state index in [1.807, 2.05) is 43.3 Å². The number of aryl methyl sites for hydroxylation is 1. The van der Waals surface area contributed by atoms with Crippen LogP contribution in [-0.2, 0) is 14.6 Å². The van der Waals surface area contributed by atoms with E-state index in [-0.39, 0.29) is 21.6 Å². The number of hydrogen-bond acceptors (Lipinski definition) is 4. The number of carbonyl (C=O) groups is 1. The van der Waals surface area contributed by atoms with Gasteiger partial charge in [-0.2, -0.15) is 0 Å². The van der Waals surface area contributed by atoms with Gasteiger partial charge in [-0.3, -0.25) is 4.79 Å². The van der Waals surface area contributed by atoms with E-state index in [0.717, 1.165) is 26.8 Å². The fourth-order valence-electron chi connectivity index (χ4n) is 4.05. The minimum absolute atomic E-state index is 0.167. The number of rotatable bonds is 3. The van der Waals surface area contributed by atoms with Crippen molar-refractivity contribution in [1.29, 1.82) is 0 Å². The standard InChI is InChI=1S/C24H19NO3S2/c1-15-9-11-17(12-10-15)30(27,28)21-14-29-24-20(13-22(26)25-23(21)24)19-8-4-6-16-5-2-3-7-18(16)19/h2-12,14,20H,13H2,1H3,(H,25,26). The molecule has 150 valence electrons. The minimum Gasteiger partial charge on any atom is -0.324 e. The average molecular weight is 434 g/mol. The molecule has 1 unspecified atom stereocenters. The van der Waals surface area contributed by atoms with E-state index in [9.17, 15) is 13.2 Å². The van der Waals surface area contributed by atoms with Crippen molar-refractivity contribution < 1.29 is 13.2 Å². The number of sulfone groups is 1. The van der Waals surface area contributed by atoms with Crippen LogP contribution in [0.25, 0.3) is 10.8 Å². The van der Waals surface area contributed by atoms with Gasteiger partial charge in [0.25, 0.3) is 0 Å². The molecule has 30 heavy (non-hydrogen) atoms. The number of benzene rings is 3. The molecule has 1 amide bonds. The van der Waals surface area contributed by atoms with Crippen LogP contribution >= 0.6 is 11.3 Å². The highest BCUT2D eigenvalue weighted by atomic mass is 32.2. The van der Waals surface area contributed by atoms with Crippen LogP contribution in [-0.4, -0.2) is 14.3 Å². The van der Waals surface area contributed by atoms with Crippen LogP contribution in [0.1, 0.15) is 28.3 Å². The fraction of sp³-hybridized carbons (Fsp3) is 0.125. The van der Waals surface area contributed by atoms with E-state index >= 15 is 0 Å². The molecule has 3 aromatic carbocycles. The van der Waals surface area contributed by atoms with Crippen LogP contribution in [0, 0.1) is 6.92 Å². The molecule has 1 atom stereocenters. The normalized spacial score (nSPS) is 16.3. The molecule has 4 aromatic rings.